The first-order valence-electron chi connectivity index (χ1n) is 10.7. The molecule has 1 aliphatic rings. The molecule has 0 atom stereocenters. The maximum atomic E-state index is 13.2. The summed E-state index contributed by atoms with van der Waals surface area (Å²) >= 11 is 0. The second kappa shape index (κ2) is 11.9. The molecule has 1 aromatic heterocycles. The molecule has 0 saturated carbocycles. The maximum Gasteiger partial charge on any atom is 0.435 e. The minimum Gasteiger partial charge on any atom is -0.357 e. The Morgan fingerprint density at radius 1 is 1.19 bits per heavy atom. The van der Waals surface area contributed by atoms with E-state index >= 15 is 0 Å². The van der Waals surface area contributed by atoms with Gasteiger partial charge in [0.05, 0.1) is 6.54 Å². The van der Waals surface area contributed by atoms with Gasteiger partial charge in [0.1, 0.15) is 0 Å². The Hall–Kier alpha value is -1.82. The van der Waals surface area contributed by atoms with E-state index < -0.39 is 11.9 Å². The molecule has 0 aliphatic carbocycles. The van der Waals surface area contributed by atoms with Crippen LogP contribution < -0.4 is 10.6 Å². The van der Waals surface area contributed by atoms with Gasteiger partial charge in [-0.15, -0.1) is 24.0 Å². The summed E-state index contributed by atoms with van der Waals surface area (Å²) in [5, 5.41) is 10.1. The highest BCUT2D eigenvalue weighted by Gasteiger charge is 2.36. The summed E-state index contributed by atoms with van der Waals surface area (Å²) in [5.41, 5.74) is 1.85. The standard InChI is InChI=1S/C22H31F3N6.HI/c1-4-26-21(27-13-18-14-30(3)29-20(18)22(23,24)25)28-19-9-11-31(12-10-19)15-17-8-6-5-7-16(17)2;/h5-8,14,19H,4,9-13,15H2,1-3H3,(H2,26,27,28);1H. The van der Waals surface area contributed by atoms with E-state index in [1.54, 1.807) is 0 Å². The van der Waals surface area contributed by atoms with Crippen LogP contribution in [0.15, 0.2) is 35.5 Å². The highest BCUT2D eigenvalue weighted by atomic mass is 127. The van der Waals surface area contributed by atoms with Gasteiger partial charge in [0, 0.05) is 51.0 Å². The molecule has 3 rings (SSSR count). The van der Waals surface area contributed by atoms with Gasteiger partial charge in [-0.05, 0) is 37.8 Å². The van der Waals surface area contributed by atoms with Gasteiger partial charge in [-0.25, -0.2) is 4.99 Å². The van der Waals surface area contributed by atoms with Gasteiger partial charge in [0.25, 0.3) is 0 Å². The van der Waals surface area contributed by atoms with Crippen molar-refractivity contribution in [2.24, 2.45) is 12.0 Å². The van der Waals surface area contributed by atoms with Crippen LogP contribution >= 0.6 is 24.0 Å². The van der Waals surface area contributed by atoms with Crippen LogP contribution in [-0.4, -0.2) is 46.3 Å². The Morgan fingerprint density at radius 3 is 2.50 bits per heavy atom. The van der Waals surface area contributed by atoms with Crippen LogP contribution in [0.25, 0.3) is 0 Å². The van der Waals surface area contributed by atoms with E-state index in [9.17, 15) is 13.2 Å². The number of aromatic nitrogens is 2. The minimum absolute atomic E-state index is 0. The zero-order valence-electron chi connectivity index (χ0n) is 18.7. The van der Waals surface area contributed by atoms with E-state index in [-0.39, 0.29) is 42.1 Å². The van der Waals surface area contributed by atoms with Crippen molar-refractivity contribution >= 4 is 29.9 Å². The first-order chi connectivity index (χ1) is 14.8. The van der Waals surface area contributed by atoms with Crippen molar-refractivity contribution in [1.82, 2.24) is 25.3 Å². The van der Waals surface area contributed by atoms with Gasteiger partial charge in [0.15, 0.2) is 11.7 Å². The van der Waals surface area contributed by atoms with Crippen LogP contribution in [0, 0.1) is 6.92 Å². The van der Waals surface area contributed by atoms with Crippen molar-refractivity contribution in [3.05, 3.63) is 52.8 Å². The molecule has 1 saturated heterocycles. The number of hydrogen-bond donors (Lipinski definition) is 2. The summed E-state index contributed by atoms with van der Waals surface area (Å²) < 4.78 is 40.7. The smallest absolute Gasteiger partial charge is 0.357 e. The molecule has 2 N–H and O–H groups in total. The Bertz CT molecular complexity index is 888. The van der Waals surface area contributed by atoms with Crippen LogP contribution in [0.5, 0.6) is 0 Å². The highest BCUT2D eigenvalue weighted by Crippen LogP contribution is 2.30. The molecule has 0 bridgehead atoms. The first kappa shape index (κ1) is 26.4. The summed E-state index contributed by atoms with van der Waals surface area (Å²) in [6.07, 6.45) is -1.20. The highest BCUT2D eigenvalue weighted by molar-refractivity contribution is 14.0. The number of halogens is 4. The molecule has 0 amide bonds. The molecule has 10 heteroatoms. The van der Waals surface area contributed by atoms with E-state index in [1.807, 2.05) is 6.92 Å². The second-order valence-corrected chi connectivity index (χ2v) is 7.99. The third-order valence-corrected chi connectivity index (χ3v) is 5.51. The van der Waals surface area contributed by atoms with Gasteiger partial charge in [-0.3, -0.25) is 9.58 Å². The molecule has 1 fully saturated rings. The van der Waals surface area contributed by atoms with Gasteiger partial charge in [-0.1, -0.05) is 24.3 Å². The average molecular weight is 564 g/mol. The molecular weight excluding hydrogens is 532 g/mol. The molecule has 1 aromatic carbocycles. The van der Waals surface area contributed by atoms with Crippen molar-refractivity contribution in [1.29, 1.82) is 0 Å². The number of aliphatic imine (C=N–C) groups is 1. The largest absolute Gasteiger partial charge is 0.435 e. The average Bonchev–Trinajstić information content (AvgIpc) is 3.11. The molecule has 0 unspecified atom stereocenters. The molecule has 2 heterocycles. The zero-order valence-corrected chi connectivity index (χ0v) is 21.1. The number of likely N-dealkylation sites (tertiary alicyclic amines) is 1. The van der Waals surface area contributed by atoms with Gasteiger partial charge in [-0.2, -0.15) is 18.3 Å². The molecule has 32 heavy (non-hydrogen) atoms. The first-order valence-corrected chi connectivity index (χ1v) is 10.7. The van der Waals surface area contributed by atoms with E-state index in [0.29, 0.717) is 12.5 Å². The number of nitrogens with zero attached hydrogens (tertiary/aromatic N) is 4. The second-order valence-electron chi connectivity index (χ2n) is 7.99. The number of rotatable bonds is 6. The number of piperidine rings is 1. The third-order valence-electron chi connectivity index (χ3n) is 5.51. The van der Waals surface area contributed by atoms with Crippen molar-refractivity contribution in [2.45, 2.75) is 52.0 Å². The SMILES string of the molecule is CCNC(=NCc1cn(C)nc1C(F)(F)F)NC1CCN(Cc2ccccc2C)CC1.I. The van der Waals surface area contributed by atoms with Gasteiger partial charge < -0.3 is 10.6 Å². The zero-order chi connectivity index (χ0) is 22.4. The fourth-order valence-corrected chi connectivity index (χ4v) is 3.83. The predicted molar refractivity (Wildman–Crippen MR) is 131 cm³/mol. The van der Waals surface area contributed by atoms with E-state index in [0.717, 1.165) is 32.5 Å². The summed E-state index contributed by atoms with van der Waals surface area (Å²) in [7, 11) is 1.48. The van der Waals surface area contributed by atoms with Gasteiger partial charge in [0.2, 0.25) is 0 Å². The Morgan fingerprint density at radius 2 is 1.88 bits per heavy atom. The summed E-state index contributed by atoms with van der Waals surface area (Å²) in [6, 6.07) is 8.67. The lowest BCUT2D eigenvalue weighted by atomic mass is 10.0. The summed E-state index contributed by atoms with van der Waals surface area (Å²) in [4.78, 5) is 6.83. The molecule has 1 aliphatic heterocycles. The molecule has 0 radical (unpaired) electrons. The van der Waals surface area contributed by atoms with Crippen molar-refractivity contribution in [3.8, 4) is 0 Å². The quantitative estimate of drug-likeness (QED) is 0.316. The number of benzene rings is 1. The van der Waals surface area contributed by atoms with Crippen LogP contribution in [0.3, 0.4) is 0 Å². The van der Waals surface area contributed by atoms with Crippen molar-refractivity contribution in [2.75, 3.05) is 19.6 Å². The molecular formula is C22H32F3IN6. The Kier molecular flexibility index (Phi) is 9.81. The lowest BCUT2D eigenvalue weighted by Gasteiger charge is -2.33. The van der Waals surface area contributed by atoms with Crippen LogP contribution in [0.1, 0.15) is 42.1 Å². The number of aryl methyl sites for hydroxylation is 2. The predicted octanol–water partition coefficient (Wildman–Crippen LogP) is 4.09. The van der Waals surface area contributed by atoms with Crippen LogP contribution in [0.4, 0.5) is 13.2 Å². The van der Waals surface area contributed by atoms with E-state index in [4.69, 9.17) is 0 Å². The van der Waals surface area contributed by atoms with Gasteiger partial charge >= 0.3 is 6.18 Å². The summed E-state index contributed by atoms with van der Waals surface area (Å²) in [6.45, 7) is 7.50. The van der Waals surface area contributed by atoms with Crippen LogP contribution in [0.2, 0.25) is 0 Å². The maximum absolute atomic E-state index is 13.2. The number of nitrogens with one attached hydrogen (secondary N) is 2. The normalized spacial score (nSPS) is 16.0. The summed E-state index contributed by atoms with van der Waals surface area (Å²) in [5.74, 6) is 0.539. The third kappa shape index (κ3) is 7.36. The lowest BCUT2D eigenvalue weighted by Crippen LogP contribution is -2.48. The topological polar surface area (TPSA) is 57.5 Å². The van der Waals surface area contributed by atoms with E-state index in [1.165, 1.54) is 29.1 Å². The number of alkyl halides is 3. The Labute approximate surface area is 204 Å². The molecule has 178 valence electrons. The monoisotopic (exact) mass is 564 g/mol. The lowest BCUT2D eigenvalue weighted by molar-refractivity contribution is -0.142. The fraction of sp³-hybridized carbons (Fsp3) is 0.545. The molecule has 2 aromatic rings. The van der Waals surface area contributed by atoms with Crippen molar-refractivity contribution in [3.63, 3.8) is 0 Å². The Balaban J connectivity index is 0.00000363. The van der Waals surface area contributed by atoms with E-state index in [2.05, 4.69) is 56.8 Å². The molecule has 6 nitrogen and oxygen atoms in total. The molecule has 0 spiro atoms. The minimum atomic E-state index is -4.48. The fourth-order valence-electron chi connectivity index (χ4n) is 3.83. The van der Waals surface area contributed by atoms with Crippen LogP contribution in [-0.2, 0) is 26.3 Å². The number of guanidine groups is 1. The van der Waals surface area contributed by atoms with Crippen molar-refractivity contribution < 1.29 is 13.2 Å². The number of hydrogen-bond acceptors (Lipinski definition) is 3.